The number of amides is 1. The summed E-state index contributed by atoms with van der Waals surface area (Å²) >= 11 is 12.1. The van der Waals surface area contributed by atoms with E-state index in [2.05, 4.69) is 10.6 Å². The molecule has 0 saturated heterocycles. The summed E-state index contributed by atoms with van der Waals surface area (Å²) in [5, 5.41) is 17.6. The highest BCUT2D eigenvalue weighted by atomic mass is 35.5. The molecule has 0 fully saturated rings. The number of alkyl carbamates (subject to hydrolysis) is 1. The number of aliphatic hydroxyl groups is 1. The first-order valence-corrected chi connectivity index (χ1v) is 12.5. The molecular weight excluding hydrogens is 487 g/mol. The molecule has 0 bridgehead atoms. The minimum Gasteiger partial charge on any atom is -0.444 e. The van der Waals surface area contributed by atoms with E-state index in [-0.39, 0.29) is 13.2 Å². The first kappa shape index (κ1) is 29.2. The van der Waals surface area contributed by atoms with E-state index in [0.717, 1.165) is 29.8 Å². The highest BCUT2D eigenvalue weighted by molar-refractivity contribution is 6.35. The molecule has 0 spiro atoms. The second kappa shape index (κ2) is 12.3. The van der Waals surface area contributed by atoms with E-state index in [1.807, 2.05) is 57.2 Å². The predicted molar refractivity (Wildman–Crippen MR) is 144 cm³/mol. The zero-order valence-electron chi connectivity index (χ0n) is 21.5. The Bertz CT molecular complexity index is 948. The van der Waals surface area contributed by atoms with Gasteiger partial charge in [0.2, 0.25) is 0 Å². The molecule has 1 atom stereocenters. The molecule has 0 radical (unpaired) electrons. The summed E-state index contributed by atoms with van der Waals surface area (Å²) < 4.78 is 11.4. The van der Waals surface area contributed by atoms with Crippen molar-refractivity contribution in [3.05, 3.63) is 58.1 Å². The normalized spacial score (nSPS) is 13.7. The van der Waals surface area contributed by atoms with Gasteiger partial charge in [0.1, 0.15) is 5.60 Å². The zero-order chi connectivity index (χ0) is 26.3. The van der Waals surface area contributed by atoms with Crippen LogP contribution in [0.15, 0.2) is 42.5 Å². The number of aryl methyl sites for hydroxylation is 1. The third kappa shape index (κ3) is 11.1. The fourth-order valence-electron chi connectivity index (χ4n) is 3.39. The van der Waals surface area contributed by atoms with Gasteiger partial charge in [-0.3, -0.25) is 0 Å². The van der Waals surface area contributed by atoms with Crippen molar-refractivity contribution in [1.29, 1.82) is 0 Å². The maximum atomic E-state index is 12.5. The van der Waals surface area contributed by atoms with Crippen LogP contribution in [0, 0.1) is 0 Å². The van der Waals surface area contributed by atoms with Gasteiger partial charge in [0, 0.05) is 21.4 Å². The first-order valence-electron chi connectivity index (χ1n) is 11.8. The van der Waals surface area contributed by atoms with E-state index in [9.17, 15) is 9.90 Å². The molecule has 0 saturated carbocycles. The van der Waals surface area contributed by atoms with Gasteiger partial charge in [-0.25, -0.2) is 4.79 Å². The van der Waals surface area contributed by atoms with Crippen molar-refractivity contribution >= 4 is 40.7 Å². The minimum absolute atomic E-state index is 0.178. The molecule has 1 unspecified atom stereocenters. The maximum absolute atomic E-state index is 12.5. The van der Waals surface area contributed by atoms with Crippen LogP contribution < -0.4 is 10.6 Å². The molecule has 8 heteroatoms. The summed E-state index contributed by atoms with van der Waals surface area (Å²) in [6.45, 7) is 11.2. The van der Waals surface area contributed by atoms with Crippen molar-refractivity contribution in [1.82, 2.24) is 5.32 Å². The third-order valence-electron chi connectivity index (χ3n) is 5.08. The number of anilines is 2. The van der Waals surface area contributed by atoms with Crippen molar-refractivity contribution in [3.63, 3.8) is 0 Å². The highest BCUT2D eigenvalue weighted by Crippen LogP contribution is 2.26. The van der Waals surface area contributed by atoms with Crippen molar-refractivity contribution < 1.29 is 19.4 Å². The lowest BCUT2D eigenvalue weighted by Gasteiger charge is -2.36. The Kier molecular flexibility index (Phi) is 10.3. The van der Waals surface area contributed by atoms with Gasteiger partial charge >= 0.3 is 6.09 Å². The first-order chi connectivity index (χ1) is 16.2. The number of ether oxygens (including phenoxy) is 2. The van der Waals surface area contributed by atoms with Gasteiger partial charge in [0.25, 0.3) is 0 Å². The summed E-state index contributed by atoms with van der Waals surface area (Å²) in [6, 6.07) is 13.4. The molecule has 0 aliphatic heterocycles. The Labute approximate surface area is 219 Å². The van der Waals surface area contributed by atoms with Crippen LogP contribution in [-0.2, 0) is 15.9 Å². The maximum Gasteiger partial charge on any atom is 0.408 e. The van der Waals surface area contributed by atoms with Crippen molar-refractivity contribution in [2.45, 2.75) is 77.5 Å². The van der Waals surface area contributed by atoms with Crippen molar-refractivity contribution in [3.8, 4) is 0 Å². The van der Waals surface area contributed by atoms with Gasteiger partial charge in [-0.1, -0.05) is 35.3 Å². The number of hydrogen-bond donors (Lipinski definition) is 3. The highest BCUT2D eigenvalue weighted by Gasteiger charge is 2.34. The summed E-state index contributed by atoms with van der Waals surface area (Å²) in [7, 11) is 0. The van der Waals surface area contributed by atoms with Gasteiger partial charge in [-0.05, 0) is 96.7 Å². The number of carbonyl (C=O) groups is 1. The van der Waals surface area contributed by atoms with Crippen LogP contribution >= 0.6 is 23.2 Å². The minimum atomic E-state index is -0.942. The zero-order valence-corrected chi connectivity index (χ0v) is 23.0. The van der Waals surface area contributed by atoms with Crippen molar-refractivity contribution in [2.24, 2.45) is 0 Å². The molecular formula is C27H38Cl2N2O4. The Morgan fingerprint density at radius 2 is 1.51 bits per heavy atom. The van der Waals surface area contributed by atoms with Gasteiger partial charge in [-0.2, -0.15) is 0 Å². The number of rotatable bonds is 10. The molecule has 0 aromatic heterocycles. The van der Waals surface area contributed by atoms with Crippen LogP contribution in [0.1, 0.15) is 59.9 Å². The van der Waals surface area contributed by atoms with E-state index in [1.54, 1.807) is 26.8 Å². The Hall–Kier alpha value is -1.99. The average Bonchev–Trinajstić information content (AvgIpc) is 2.70. The van der Waals surface area contributed by atoms with Gasteiger partial charge in [-0.15, -0.1) is 0 Å². The lowest BCUT2D eigenvalue weighted by atomic mass is 9.92. The number of aliphatic hydroxyl groups excluding tert-OH is 1. The van der Waals surface area contributed by atoms with Crippen LogP contribution in [0.4, 0.5) is 16.2 Å². The predicted octanol–water partition coefficient (Wildman–Crippen LogP) is 7.13. The molecule has 3 N–H and O–H groups in total. The molecule has 1 amide bonds. The molecule has 35 heavy (non-hydrogen) atoms. The lowest BCUT2D eigenvalue weighted by molar-refractivity contribution is -0.0540. The number of benzene rings is 2. The molecule has 2 rings (SSSR count). The second-order valence-corrected chi connectivity index (χ2v) is 11.7. The van der Waals surface area contributed by atoms with Gasteiger partial charge in [0.15, 0.2) is 0 Å². The molecule has 0 aliphatic carbocycles. The molecule has 0 heterocycles. The van der Waals surface area contributed by atoms with Gasteiger partial charge < -0.3 is 25.2 Å². The Morgan fingerprint density at radius 1 is 0.914 bits per heavy atom. The van der Waals surface area contributed by atoms with E-state index in [1.165, 1.54) is 0 Å². The van der Waals surface area contributed by atoms with E-state index in [0.29, 0.717) is 16.5 Å². The fourth-order valence-corrected chi connectivity index (χ4v) is 3.91. The van der Waals surface area contributed by atoms with Crippen LogP contribution in [0.2, 0.25) is 10.0 Å². The van der Waals surface area contributed by atoms with E-state index < -0.39 is 22.8 Å². The summed E-state index contributed by atoms with van der Waals surface area (Å²) in [5.41, 5.74) is 0.884. The number of hydrogen-bond acceptors (Lipinski definition) is 5. The van der Waals surface area contributed by atoms with Crippen LogP contribution in [0.3, 0.4) is 0 Å². The number of halogens is 2. The van der Waals surface area contributed by atoms with E-state index in [4.69, 9.17) is 32.7 Å². The van der Waals surface area contributed by atoms with E-state index >= 15 is 0 Å². The number of carbonyl (C=O) groups excluding carboxylic acids is 1. The monoisotopic (exact) mass is 524 g/mol. The lowest BCUT2D eigenvalue weighted by Crippen LogP contribution is -2.56. The van der Waals surface area contributed by atoms with Crippen molar-refractivity contribution in [2.75, 3.05) is 18.5 Å². The molecule has 6 nitrogen and oxygen atoms in total. The summed E-state index contributed by atoms with van der Waals surface area (Å²) in [4.78, 5) is 12.5. The average molecular weight is 526 g/mol. The SMILES string of the molecule is CC(C)(C)OCC(CO)(CCCc1ccc(Nc2cc(Cl)cc(Cl)c2)cc1)NC(=O)OC(C)(C)C. The number of nitrogens with one attached hydrogen (secondary N) is 2. The molecule has 0 aliphatic rings. The molecule has 2 aromatic rings. The van der Waals surface area contributed by atoms with Crippen LogP contribution in [0.5, 0.6) is 0 Å². The smallest absolute Gasteiger partial charge is 0.408 e. The van der Waals surface area contributed by atoms with Gasteiger partial charge in [0.05, 0.1) is 24.4 Å². The topological polar surface area (TPSA) is 79.8 Å². The second-order valence-electron chi connectivity index (χ2n) is 10.8. The standard InChI is InChI=1S/C27H38Cl2N2O4/c1-25(2,3)34-18-27(17-32,31-24(33)35-26(4,5)6)13-7-8-19-9-11-22(12-10-19)30-23-15-20(28)14-21(29)16-23/h9-12,14-16,30,32H,7-8,13,17-18H2,1-6H3,(H,31,33). The summed E-state index contributed by atoms with van der Waals surface area (Å²) in [5.74, 6) is 0. The Balaban J connectivity index is 2.02. The fraction of sp³-hybridized carbons (Fsp3) is 0.519. The van der Waals surface area contributed by atoms with Crippen LogP contribution in [0.25, 0.3) is 0 Å². The summed E-state index contributed by atoms with van der Waals surface area (Å²) in [6.07, 6.45) is 1.47. The van der Waals surface area contributed by atoms with Crippen LogP contribution in [-0.4, -0.2) is 41.2 Å². The quantitative estimate of drug-likeness (QED) is 0.308. The third-order valence-corrected chi connectivity index (χ3v) is 5.51. The largest absolute Gasteiger partial charge is 0.444 e. The Morgan fingerprint density at radius 3 is 2.03 bits per heavy atom. The molecule has 194 valence electrons. The molecule has 2 aromatic carbocycles.